The third kappa shape index (κ3) is 3.35. The van der Waals surface area contributed by atoms with Crippen molar-refractivity contribution in [3.8, 4) is 0 Å². The second kappa shape index (κ2) is 5.90. The molecule has 118 valence electrons. The van der Waals surface area contributed by atoms with E-state index >= 15 is 0 Å². The molecule has 2 rings (SSSR count). The van der Waals surface area contributed by atoms with Gasteiger partial charge in [-0.1, -0.05) is 6.92 Å². The van der Waals surface area contributed by atoms with E-state index in [1.807, 2.05) is 6.92 Å². The van der Waals surface area contributed by atoms with Gasteiger partial charge in [0.25, 0.3) is 0 Å². The van der Waals surface area contributed by atoms with Crippen molar-refractivity contribution in [1.82, 2.24) is 4.31 Å². The second-order valence-corrected chi connectivity index (χ2v) is 10.3. The minimum atomic E-state index is -3.44. The van der Waals surface area contributed by atoms with Crippen LogP contribution in [0.25, 0.3) is 0 Å². The fourth-order valence-electron chi connectivity index (χ4n) is 3.00. The zero-order chi connectivity index (χ0) is 15.0. The molecule has 0 spiro atoms. The van der Waals surface area contributed by atoms with Crippen LogP contribution < -0.4 is 0 Å². The van der Waals surface area contributed by atoms with Gasteiger partial charge in [0.1, 0.15) is 9.84 Å². The van der Waals surface area contributed by atoms with E-state index in [2.05, 4.69) is 0 Å². The molecule has 0 aliphatic carbocycles. The summed E-state index contributed by atoms with van der Waals surface area (Å²) < 4.78 is 49.4. The van der Waals surface area contributed by atoms with Crippen LogP contribution in [0.4, 0.5) is 0 Å². The lowest BCUT2D eigenvalue weighted by Gasteiger charge is -2.37. The minimum absolute atomic E-state index is 0.0224. The number of rotatable bonds is 3. The van der Waals surface area contributed by atoms with Gasteiger partial charge < -0.3 is 5.11 Å². The summed E-state index contributed by atoms with van der Waals surface area (Å²) in [6.45, 7) is 2.63. The monoisotopic (exact) mass is 325 g/mol. The molecule has 2 unspecified atom stereocenters. The lowest BCUT2D eigenvalue weighted by atomic mass is 9.94. The lowest BCUT2D eigenvalue weighted by Crippen LogP contribution is -2.50. The summed E-state index contributed by atoms with van der Waals surface area (Å²) in [4.78, 5) is 0. The van der Waals surface area contributed by atoms with Crippen molar-refractivity contribution in [1.29, 1.82) is 0 Å². The molecule has 0 aromatic heterocycles. The molecule has 6 nitrogen and oxygen atoms in total. The van der Waals surface area contributed by atoms with E-state index in [1.54, 1.807) is 0 Å². The highest BCUT2D eigenvalue weighted by molar-refractivity contribution is 7.92. The Labute approximate surface area is 121 Å². The average molecular weight is 325 g/mol. The molecule has 0 radical (unpaired) electrons. The summed E-state index contributed by atoms with van der Waals surface area (Å²) >= 11 is 0. The van der Waals surface area contributed by atoms with Crippen LogP contribution in [0.1, 0.15) is 32.6 Å². The summed E-state index contributed by atoms with van der Waals surface area (Å²) in [5.74, 6) is -0.0966. The van der Waals surface area contributed by atoms with Gasteiger partial charge in [0, 0.05) is 13.1 Å². The van der Waals surface area contributed by atoms with E-state index in [-0.39, 0.29) is 30.3 Å². The molecule has 0 aromatic carbocycles. The first-order valence-corrected chi connectivity index (χ1v) is 10.5. The third-order valence-electron chi connectivity index (χ3n) is 4.46. The molecule has 2 atom stereocenters. The fraction of sp³-hybridized carbons (Fsp3) is 1.00. The van der Waals surface area contributed by atoms with Crippen LogP contribution in [0, 0.1) is 5.92 Å². The number of aliphatic hydroxyl groups excluding tert-OH is 1. The number of sulfone groups is 1. The standard InChI is InChI=1S/C12H23NO5S2/c1-2-10-9-13(6-3-12(10)14)20(17,18)11-4-7-19(15,16)8-5-11/h10-12,14H,2-9H2,1H3. The van der Waals surface area contributed by atoms with Gasteiger partial charge in [-0.25, -0.2) is 21.1 Å². The number of nitrogens with zero attached hydrogens (tertiary/aromatic N) is 1. The van der Waals surface area contributed by atoms with Crippen LogP contribution in [0.15, 0.2) is 0 Å². The van der Waals surface area contributed by atoms with Gasteiger partial charge in [0.05, 0.1) is 22.9 Å². The van der Waals surface area contributed by atoms with Crippen molar-refractivity contribution in [3.05, 3.63) is 0 Å². The van der Waals surface area contributed by atoms with E-state index in [1.165, 1.54) is 4.31 Å². The Kier molecular flexibility index (Phi) is 4.78. The maximum absolute atomic E-state index is 12.6. The number of hydrogen-bond acceptors (Lipinski definition) is 5. The van der Waals surface area contributed by atoms with Crippen LogP contribution in [0.5, 0.6) is 0 Å². The normalized spacial score (nSPS) is 33.1. The number of aliphatic hydroxyl groups is 1. The average Bonchev–Trinajstić information content (AvgIpc) is 2.38. The van der Waals surface area contributed by atoms with Crippen molar-refractivity contribution in [2.75, 3.05) is 24.6 Å². The predicted octanol–water partition coefficient (Wildman–Crippen LogP) is -0.0138. The van der Waals surface area contributed by atoms with E-state index in [4.69, 9.17) is 0 Å². The highest BCUT2D eigenvalue weighted by Gasteiger charge is 2.39. The molecule has 2 aliphatic rings. The smallest absolute Gasteiger partial charge is 0.217 e. The predicted molar refractivity (Wildman–Crippen MR) is 76.6 cm³/mol. The molecule has 0 bridgehead atoms. The van der Waals surface area contributed by atoms with Crippen molar-refractivity contribution in [3.63, 3.8) is 0 Å². The first-order valence-electron chi connectivity index (χ1n) is 7.13. The van der Waals surface area contributed by atoms with Crippen LogP contribution in [-0.2, 0) is 19.9 Å². The van der Waals surface area contributed by atoms with Crippen LogP contribution in [0.3, 0.4) is 0 Å². The van der Waals surface area contributed by atoms with E-state index in [9.17, 15) is 21.9 Å². The van der Waals surface area contributed by atoms with Gasteiger partial charge in [-0.15, -0.1) is 0 Å². The molecule has 8 heteroatoms. The van der Waals surface area contributed by atoms with Gasteiger partial charge in [-0.05, 0) is 31.6 Å². The first kappa shape index (κ1) is 16.2. The van der Waals surface area contributed by atoms with E-state index in [0.29, 0.717) is 19.5 Å². The Morgan fingerprint density at radius 1 is 1.20 bits per heavy atom. The van der Waals surface area contributed by atoms with E-state index in [0.717, 1.165) is 6.42 Å². The number of sulfonamides is 1. The van der Waals surface area contributed by atoms with Gasteiger partial charge in [0.15, 0.2) is 0 Å². The summed E-state index contributed by atoms with van der Waals surface area (Å²) in [6, 6.07) is 0. The topological polar surface area (TPSA) is 91.8 Å². The van der Waals surface area contributed by atoms with Crippen molar-refractivity contribution < 1.29 is 21.9 Å². The molecule has 0 amide bonds. The number of hydrogen-bond donors (Lipinski definition) is 1. The molecular weight excluding hydrogens is 302 g/mol. The van der Waals surface area contributed by atoms with Gasteiger partial charge in [-0.3, -0.25) is 0 Å². The molecule has 2 heterocycles. The molecular formula is C12H23NO5S2. The van der Waals surface area contributed by atoms with Gasteiger partial charge in [-0.2, -0.15) is 0 Å². The molecule has 0 saturated carbocycles. The molecule has 2 saturated heterocycles. The Bertz CT molecular complexity index is 528. The largest absolute Gasteiger partial charge is 0.393 e. The second-order valence-electron chi connectivity index (χ2n) is 5.78. The molecule has 0 aromatic rings. The van der Waals surface area contributed by atoms with Crippen molar-refractivity contribution in [2.24, 2.45) is 5.92 Å². The number of piperidine rings is 1. The third-order valence-corrected chi connectivity index (χ3v) is 8.54. The summed E-state index contributed by atoms with van der Waals surface area (Å²) in [5.41, 5.74) is 0. The SMILES string of the molecule is CCC1CN(S(=O)(=O)C2CCS(=O)(=O)CC2)CCC1O. The fourth-order valence-corrected chi connectivity index (χ4v) is 6.80. The Morgan fingerprint density at radius 2 is 1.80 bits per heavy atom. The van der Waals surface area contributed by atoms with Gasteiger partial charge >= 0.3 is 0 Å². The maximum Gasteiger partial charge on any atom is 0.217 e. The maximum atomic E-state index is 12.6. The highest BCUT2D eigenvalue weighted by atomic mass is 32.2. The lowest BCUT2D eigenvalue weighted by molar-refractivity contribution is 0.0517. The Hall–Kier alpha value is -0.180. The van der Waals surface area contributed by atoms with Crippen LogP contribution in [0.2, 0.25) is 0 Å². The summed E-state index contributed by atoms with van der Waals surface area (Å²) in [5, 5.41) is 9.25. The first-order chi connectivity index (χ1) is 9.26. The highest BCUT2D eigenvalue weighted by Crippen LogP contribution is 2.28. The summed E-state index contributed by atoms with van der Waals surface area (Å²) in [6.07, 6.45) is 1.16. The quantitative estimate of drug-likeness (QED) is 0.788. The molecule has 2 fully saturated rings. The van der Waals surface area contributed by atoms with Gasteiger partial charge in [0.2, 0.25) is 10.0 Å². The molecule has 20 heavy (non-hydrogen) atoms. The van der Waals surface area contributed by atoms with Crippen LogP contribution >= 0.6 is 0 Å². The Balaban J connectivity index is 2.07. The van der Waals surface area contributed by atoms with Crippen molar-refractivity contribution >= 4 is 19.9 Å². The molecule has 2 aliphatic heterocycles. The van der Waals surface area contributed by atoms with E-state index < -0.39 is 31.2 Å². The zero-order valence-electron chi connectivity index (χ0n) is 11.7. The van der Waals surface area contributed by atoms with Crippen molar-refractivity contribution in [2.45, 2.75) is 44.0 Å². The molecule has 1 N–H and O–H groups in total. The van der Waals surface area contributed by atoms with Crippen LogP contribution in [-0.4, -0.2) is 62.2 Å². The zero-order valence-corrected chi connectivity index (χ0v) is 13.4. The summed E-state index contributed by atoms with van der Waals surface area (Å²) in [7, 11) is -6.50. The minimum Gasteiger partial charge on any atom is -0.393 e. The Morgan fingerprint density at radius 3 is 2.35 bits per heavy atom.